The molecule has 100 valence electrons. The van der Waals surface area contributed by atoms with Crippen LogP contribution in [-0.2, 0) is 11.3 Å². The van der Waals surface area contributed by atoms with Crippen LogP contribution in [0.15, 0.2) is 17.5 Å². The molecular weight excluding hydrogens is 246 g/mol. The van der Waals surface area contributed by atoms with Gasteiger partial charge in [-0.25, -0.2) is 4.79 Å². The van der Waals surface area contributed by atoms with Gasteiger partial charge in [-0.2, -0.15) is 0 Å². The Balaban J connectivity index is 2.67. The Bertz CT molecular complexity index is 412. The monoisotopic (exact) mass is 267 g/mol. The number of carboxylic acids is 1. The molecule has 0 bridgehead atoms. The quantitative estimate of drug-likeness (QED) is 0.769. The second-order valence-electron chi connectivity index (χ2n) is 4.52. The van der Waals surface area contributed by atoms with E-state index >= 15 is 0 Å². The molecule has 3 nitrogen and oxygen atoms in total. The number of carboxylic acid groups (broad SMARTS) is 1. The summed E-state index contributed by atoms with van der Waals surface area (Å²) in [6.07, 6.45) is 5.23. The van der Waals surface area contributed by atoms with E-state index < -0.39 is 5.97 Å². The van der Waals surface area contributed by atoms with Gasteiger partial charge in [-0.1, -0.05) is 13.3 Å². The van der Waals surface area contributed by atoms with Gasteiger partial charge in [-0.15, -0.1) is 11.3 Å². The maximum Gasteiger partial charge on any atom is 0.328 e. The summed E-state index contributed by atoms with van der Waals surface area (Å²) in [6, 6.07) is 2.52. The first-order valence-corrected chi connectivity index (χ1v) is 7.10. The summed E-state index contributed by atoms with van der Waals surface area (Å²) in [4.78, 5) is 14.1. The Morgan fingerprint density at radius 3 is 2.94 bits per heavy atom. The van der Waals surface area contributed by atoms with Crippen molar-refractivity contribution in [3.05, 3.63) is 28.0 Å². The number of thiophene rings is 1. The molecule has 1 unspecified atom stereocenters. The minimum Gasteiger partial charge on any atom is -0.478 e. The molecule has 1 aromatic heterocycles. The number of hydrogen-bond acceptors (Lipinski definition) is 3. The van der Waals surface area contributed by atoms with Crippen LogP contribution in [0.25, 0.3) is 6.08 Å². The molecule has 0 aromatic carbocycles. The van der Waals surface area contributed by atoms with Gasteiger partial charge in [0.05, 0.1) is 0 Å². The summed E-state index contributed by atoms with van der Waals surface area (Å²) in [5.74, 6) is -0.903. The van der Waals surface area contributed by atoms with Gasteiger partial charge in [0.25, 0.3) is 0 Å². The first-order chi connectivity index (χ1) is 8.54. The minimum absolute atomic E-state index is 0.549. The van der Waals surface area contributed by atoms with Crippen molar-refractivity contribution in [2.45, 2.75) is 39.3 Å². The van der Waals surface area contributed by atoms with Crippen LogP contribution in [-0.4, -0.2) is 29.1 Å². The normalized spacial score (nSPS) is 13.3. The number of nitrogens with zero attached hydrogens (tertiary/aromatic N) is 1. The van der Waals surface area contributed by atoms with Crippen LogP contribution in [0.4, 0.5) is 0 Å². The lowest BCUT2D eigenvalue weighted by Gasteiger charge is -2.24. The van der Waals surface area contributed by atoms with Gasteiger partial charge < -0.3 is 5.11 Å². The van der Waals surface area contributed by atoms with E-state index in [1.807, 2.05) is 11.4 Å². The molecule has 0 fully saturated rings. The van der Waals surface area contributed by atoms with Crippen LogP contribution in [0.1, 0.15) is 37.1 Å². The van der Waals surface area contributed by atoms with Crippen molar-refractivity contribution in [1.29, 1.82) is 0 Å². The zero-order chi connectivity index (χ0) is 13.5. The number of rotatable bonds is 7. The first kappa shape index (κ1) is 14.9. The van der Waals surface area contributed by atoms with Gasteiger partial charge in [0, 0.05) is 23.5 Å². The average molecular weight is 267 g/mol. The highest BCUT2D eigenvalue weighted by Gasteiger charge is 2.11. The van der Waals surface area contributed by atoms with Crippen molar-refractivity contribution in [2.75, 3.05) is 7.05 Å². The minimum atomic E-state index is -0.903. The van der Waals surface area contributed by atoms with Crippen LogP contribution in [0, 0.1) is 0 Å². The maximum absolute atomic E-state index is 10.5. The highest BCUT2D eigenvalue weighted by atomic mass is 32.1. The molecule has 0 aliphatic rings. The van der Waals surface area contributed by atoms with Crippen LogP contribution in [0.2, 0.25) is 0 Å². The summed E-state index contributed by atoms with van der Waals surface area (Å²) >= 11 is 1.68. The Labute approximate surface area is 113 Å². The standard InChI is InChI=1S/C14H21NO2S/c1-4-5-11(2)15(3)10-13-12(8-9-18-13)6-7-14(16)17/h6-9,11H,4-5,10H2,1-3H3,(H,16,17)/b7-6+. The second-order valence-corrected chi connectivity index (χ2v) is 5.52. The molecule has 1 N–H and O–H groups in total. The molecule has 0 radical (unpaired) electrons. The maximum atomic E-state index is 10.5. The lowest BCUT2D eigenvalue weighted by molar-refractivity contribution is -0.131. The molecule has 0 aliphatic carbocycles. The molecule has 0 saturated heterocycles. The fourth-order valence-corrected chi connectivity index (χ4v) is 2.74. The predicted octanol–water partition coefficient (Wildman–Crippen LogP) is 3.47. The topological polar surface area (TPSA) is 40.5 Å². The highest BCUT2D eigenvalue weighted by Crippen LogP contribution is 2.21. The lowest BCUT2D eigenvalue weighted by Crippen LogP contribution is -2.28. The van der Waals surface area contributed by atoms with E-state index in [2.05, 4.69) is 25.8 Å². The molecular formula is C14H21NO2S. The van der Waals surface area contributed by atoms with Crippen LogP contribution in [0.3, 0.4) is 0 Å². The van der Waals surface area contributed by atoms with E-state index in [0.29, 0.717) is 6.04 Å². The zero-order valence-electron chi connectivity index (χ0n) is 11.2. The number of carbonyl (C=O) groups is 1. The van der Waals surface area contributed by atoms with Crippen LogP contribution < -0.4 is 0 Å². The van der Waals surface area contributed by atoms with E-state index in [0.717, 1.165) is 12.1 Å². The van der Waals surface area contributed by atoms with Gasteiger partial charge in [-0.05, 0) is 43.5 Å². The second kappa shape index (κ2) is 7.34. The molecule has 1 atom stereocenters. The fourth-order valence-electron chi connectivity index (χ4n) is 1.81. The van der Waals surface area contributed by atoms with Crippen molar-refractivity contribution >= 4 is 23.4 Å². The molecule has 0 saturated carbocycles. The fraction of sp³-hybridized carbons (Fsp3) is 0.500. The Kier molecular flexibility index (Phi) is 6.09. The van der Waals surface area contributed by atoms with Gasteiger partial charge in [-0.3, -0.25) is 4.90 Å². The van der Waals surface area contributed by atoms with Crippen molar-refractivity contribution in [2.24, 2.45) is 0 Å². The van der Waals surface area contributed by atoms with Crippen molar-refractivity contribution in [3.8, 4) is 0 Å². The smallest absolute Gasteiger partial charge is 0.328 e. The van der Waals surface area contributed by atoms with E-state index in [-0.39, 0.29) is 0 Å². The molecule has 1 aromatic rings. The molecule has 0 spiro atoms. The van der Waals surface area contributed by atoms with E-state index in [1.165, 1.54) is 23.8 Å². The van der Waals surface area contributed by atoms with Gasteiger partial charge in [0.15, 0.2) is 0 Å². The number of aliphatic carboxylic acids is 1. The Morgan fingerprint density at radius 2 is 2.33 bits per heavy atom. The van der Waals surface area contributed by atoms with Crippen molar-refractivity contribution in [3.63, 3.8) is 0 Å². The molecule has 1 heterocycles. The highest BCUT2D eigenvalue weighted by molar-refractivity contribution is 7.10. The van der Waals surface area contributed by atoms with E-state index in [4.69, 9.17) is 5.11 Å². The van der Waals surface area contributed by atoms with E-state index in [9.17, 15) is 4.79 Å². The lowest BCUT2D eigenvalue weighted by atomic mass is 10.1. The summed E-state index contributed by atoms with van der Waals surface area (Å²) in [7, 11) is 2.12. The summed E-state index contributed by atoms with van der Waals surface area (Å²) in [6.45, 7) is 5.29. The van der Waals surface area contributed by atoms with Crippen molar-refractivity contribution < 1.29 is 9.90 Å². The van der Waals surface area contributed by atoms with Gasteiger partial charge in [0.1, 0.15) is 0 Å². The van der Waals surface area contributed by atoms with Crippen LogP contribution >= 0.6 is 11.3 Å². The SMILES string of the molecule is CCCC(C)N(C)Cc1sccc1/C=C/C(=O)O. The predicted molar refractivity (Wildman–Crippen MR) is 76.8 cm³/mol. The Morgan fingerprint density at radius 1 is 1.61 bits per heavy atom. The first-order valence-electron chi connectivity index (χ1n) is 6.22. The molecule has 1 rings (SSSR count). The van der Waals surface area contributed by atoms with Crippen molar-refractivity contribution in [1.82, 2.24) is 4.90 Å². The number of hydrogen-bond donors (Lipinski definition) is 1. The third kappa shape index (κ3) is 4.63. The third-order valence-corrected chi connectivity index (χ3v) is 3.96. The van der Waals surface area contributed by atoms with Gasteiger partial charge >= 0.3 is 5.97 Å². The summed E-state index contributed by atoms with van der Waals surface area (Å²) in [5, 5.41) is 10.7. The van der Waals surface area contributed by atoms with E-state index in [1.54, 1.807) is 17.4 Å². The van der Waals surface area contributed by atoms with Crippen LogP contribution in [0.5, 0.6) is 0 Å². The molecule has 4 heteroatoms. The Hall–Kier alpha value is -1.13. The third-order valence-electron chi connectivity index (χ3n) is 3.04. The molecule has 18 heavy (non-hydrogen) atoms. The largest absolute Gasteiger partial charge is 0.478 e. The zero-order valence-corrected chi connectivity index (χ0v) is 12.0. The summed E-state index contributed by atoms with van der Waals surface area (Å²) < 4.78 is 0. The average Bonchev–Trinajstić information content (AvgIpc) is 2.74. The summed E-state index contributed by atoms with van der Waals surface area (Å²) in [5.41, 5.74) is 1.01. The molecule has 0 amide bonds. The van der Waals surface area contributed by atoms with Gasteiger partial charge in [0.2, 0.25) is 0 Å². The molecule has 0 aliphatic heterocycles.